The topological polar surface area (TPSA) is 93.7 Å². The minimum Gasteiger partial charge on any atom is -0.496 e. The fourth-order valence-electron chi connectivity index (χ4n) is 2.11. The highest BCUT2D eigenvalue weighted by Gasteiger charge is 2.23. The van der Waals surface area contributed by atoms with E-state index in [0.717, 1.165) is 10.5 Å². The van der Waals surface area contributed by atoms with Crippen LogP contribution in [0.25, 0.3) is 0 Å². The quantitative estimate of drug-likeness (QED) is 0.896. The minimum absolute atomic E-state index is 0.135. The molecule has 2 rings (SSSR count). The zero-order chi connectivity index (χ0) is 18.4. The third-order valence-electron chi connectivity index (χ3n) is 3.43. The zero-order valence-electron chi connectivity index (χ0n) is 14.6. The van der Waals surface area contributed by atoms with Gasteiger partial charge >= 0.3 is 6.03 Å². The van der Waals surface area contributed by atoms with Gasteiger partial charge in [0.25, 0.3) is 0 Å². The van der Waals surface area contributed by atoms with Gasteiger partial charge < -0.3 is 14.8 Å². The van der Waals surface area contributed by atoms with E-state index in [9.17, 15) is 9.59 Å². The molecule has 0 aliphatic carbocycles. The molecule has 8 nitrogen and oxygen atoms in total. The molecule has 0 unspecified atom stereocenters. The Hall–Kier alpha value is -3.16. The number of ether oxygens (including phenoxy) is 2. The Balaban J connectivity index is 2.31. The van der Waals surface area contributed by atoms with Crippen molar-refractivity contribution >= 4 is 17.8 Å². The highest BCUT2D eigenvalue weighted by molar-refractivity contribution is 6.13. The van der Waals surface area contributed by atoms with Gasteiger partial charge in [-0.2, -0.15) is 0 Å². The van der Waals surface area contributed by atoms with Crippen LogP contribution in [0.2, 0.25) is 0 Å². The molecule has 0 radical (unpaired) electrons. The summed E-state index contributed by atoms with van der Waals surface area (Å²) in [6.45, 7) is 3.58. The van der Waals surface area contributed by atoms with Crippen molar-refractivity contribution in [3.8, 4) is 17.4 Å². The van der Waals surface area contributed by atoms with Gasteiger partial charge in [-0.1, -0.05) is 13.0 Å². The van der Waals surface area contributed by atoms with E-state index in [2.05, 4.69) is 15.3 Å². The Kier molecular flexibility index (Phi) is 5.89. The largest absolute Gasteiger partial charge is 0.496 e. The highest BCUT2D eigenvalue weighted by Crippen LogP contribution is 2.28. The number of anilines is 1. The average molecular weight is 344 g/mol. The van der Waals surface area contributed by atoms with Crippen molar-refractivity contribution in [1.29, 1.82) is 0 Å². The van der Waals surface area contributed by atoms with E-state index in [1.165, 1.54) is 19.4 Å². The molecule has 8 heteroatoms. The molecule has 0 saturated carbocycles. The molecule has 132 valence electrons. The Labute approximate surface area is 145 Å². The summed E-state index contributed by atoms with van der Waals surface area (Å²) in [6.07, 6.45) is 1.39. The Morgan fingerprint density at radius 1 is 1.24 bits per heavy atom. The second kappa shape index (κ2) is 8.09. The van der Waals surface area contributed by atoms with Gasteiger partial charge in [-0.15, -0.1) is 0 Å². The molecular weight excluding hydrogens is 324 g/mol. The normalized spacial score (nSPS) is 10.1. The third-order valence-corrected chi connectivity index (χ3v) is 3.43. The molecule has 0 fully saturated rings. The predicted molar refractivity (Wildman–Crippen MR) is 92.1 cm³/mol. The number of rotatable bonds is 5. The van der Waals surface area contributed by atoms with Crippen molar-refractivity contribution in [2.24, 2.45) is 0 Å². The lowest BCUT2D eigenvalue weighted by atomic mass is 10.2. The molecule has 2 aromatic rings. The van der Waals surface area contributed by atoms with Gasteiger partial charge in [0.1, 0.15) is 17.8 Å². The lowest BCUT2D eigenvalue weighted by molar-refractivity contribution is -0.117. The molecule has 0 aliphatic heterocycles. The zero-order valence-corrected chi connectivity index (χ0v) is 14.6. The number of benzene rings is 1. The summed E-state index contributed by atoms with van der Waals surface area (Å²) in [5.41, 5.74) is 0.970. The van der Waals surface area contributed by atoms with Crippen LogP contribution < -0.4 is 19.7 Å². The number of aryl methyl sites for hydroxylation is 1. The smallest absolute Gasteiger partial charge is 0.329 e. The molecule has 0 atom stereocenters. The van der Waals surface area contributed by atoms with Crippen LogP contribution in [-0.2, 0) is 4.79 Å². The van der Waals surface area contributed by atoms with E-state index in [0.29, 0.717) is 11.5 Å². The number of imide groups is 1. The molecule has 0 spiro atoms. The number of hydrogen-bond acceptors (Lipinski definition) is 6. The second-order valence-corrected chi connectivity index (χ2v) is 5.09. The maximum absolute atomic E-state index is 12.1. The molecule has 25 heavy (non-hydrogen) atoms. The number of methoxy groups -OCH3 is 1. The molecule has 1 N–H and O–H groups in total. The van der Waals surface area contributed by atoms with Crippen molar-refractivity contribution in [2.75, 3.05) is 19.1 Å². The number of carbonyl (C=O) groups is 2. The number of amides is 3. The van der Waals surface area contributed by atoms with E-state index in [1.54, 1.807) is 26.2 Å². The van der Waals surface area contributed by atoms with E-state index in [1.807, 2.05) is 13.0 Å². The molecular formula is C17H20N4O4. The standard InChI is InChI=1S/C17H20N4O4/c1-5-16(22)21(17(23)18-3)14-9-15(20-10-19-14)25-12-7-6-11(2)13(8-12)24-4/h6-10H,5H2,1-4H3,(H,18,23). The Bertz CT molecular complexity index is 763. The molecule has 0 saturated heterocycles. The average Bonchev–Trinajstić information content (AvgIpc) is 2.63. The van der Waals surface area contributed by atoms with E-state index < -0.39 is 6.03 Å². The first kappa shape index (κ1) is 18.2. The lowest BCUT2D eigenvalue weighted by Crippen LogP contribution is -2.42. The van der Waals surface area contributed by atoms with Crippen molar-refractivity contribution < 1.29 is 19.1 Å². The number of hydrogen-bond donors (Lipinski definition) is 1. The van der Waals surface area contributed by atoms with Crippen LogP contribution in [0.1, 0.15) is 18.9 Å². The molecule has 3 amide bonds. The maximum Gasteiger partial charge on any atom is 0.329 e. The Morgan fingerprint density at radius 2 is 2.00 bits per heavy atom. The number of aromatic nitrogens is 2. The van der Waals surface area contributed by atoms with Crippen molar-refractivity contribution in [2.45, 2.75) is 20.3 Å². The summed E-state index contributed by atoms with van der Waals surface area (Å²) in [4.78, 5) is 33.0. The van der Waals surface area contributed by atoms with E-state index >= 15 is 0 Å². The molecule has 1 aromatic heterocycles. The summed E-state index contributed by atoms with van der Waals surface area (Å²) >= 11 is 0. The van der Waals surface area contributed by atoms with Crippen LogP contribution in [-0.4, -0.2) is 36.1 Å². The van der Waals surface area contributed by atoms with Crippen LogP contribution >= 0.6 is 0 Å². The fraction of sp³-hybridized carbons (Fsp3) is 0.294. The second-order valence-electron chi connectivity index (χ2n) is 5.09. The van der Waals surface area contributed by atoms with E-state index in [-0.39, 0.29) is 24.0 Å². The third kappa shape index (κ3) is 4.23. The number of urea groups is 1. The van der Waals surface area contributed by atoms with Crippen molar-refractivity contribution in [3.63, 3.8) is 0 Å². The van der Waals surface area contributed by atoms with Crippen molar-refractivity contribution in [1.82, 2.24) is 15.3 Å². The summed E-state index contributed by atoms with van der Waals surface area (Å²) in [5, 5.41) is 2.42. The number of carbonyl (C=O) groups excluding carboxylic acids is 2. The summed E-state index contributed by atoms with van der Waals surface area (Å²) in [7, 11) is 3.02. The first-order chi connectivity index (χ1) is 12.0. The van der Waals surface area contributed by atoms with Crippen LogP contribution in [0.3, 0.4) is 0 Å². The number of nitrogens with zero attached hydrogens (tertiary/aromatic N) is 3. The molecule has 1 aromatic carbocycles. The molecule has 0 aliphatic rings. The summed E-state index contributed by atoms with van der Waals surface area (Å²) < 4.78 is 11.0. The fourth-order valence-corrected chi connectivity index (χ4v) is 2.11. The predicted octanol–water partition coefficient (Wildman–Crippen LogP) is 2.67. The minimum atomic E-state index is -0.575. The lowest BCUT2D eigenvalue weighted by Gasteiger charge is -2.18. The SMILES string of the molecule is CCC(=O)N(C(=O)NC)c1cc(Oc2ccc(C)c(OC)c2)ncn1. The number of nitrogens with one attached hydrogen (secondary N) is 1. The molecule has 1 heterocycles. The van der Waals surface area contributed by atoms with Crippen LogP contribution in [0.5, 0.6) is 17.4 Å². The first-order valence-electron chi connectivity index (χ1n) is 7.69. The van der Waals surface area contributed by atoms with Gasteiger partial charge in [-0.3, -0.25) is 4.79 Å². The van der Waals surface area contributed by atoms with E-state index in [4.69, 9.17) is 9.47 Å². The monoisotopic (exact) mass is 344 g/mol. The van der Waals surface area contributed by atoms with Crippen LogP contribution in [0.4, 0.5) is 10.6 Å². The van der Waals surface area contributed by atoms with Gasteiger partial charge in [0.15, 0.2) is 5.82 Å². The van der Waals surface area contributed by atoms with Gasteiger partial charge in [0.05, 0.1) is 7.11 Å². The van der Waals surface area contributed by atoms with Crippen LogP contribution in [0, 0.1) is 6.92 Å². The first-order valence-corrected chi connectivity index (χ1v) is 7.69. The van der Waals surface area contributed by atoms with Gasteiger partial charge in [-0.25, -0.2) is 19.7 Å². The summed E-state index contributed by atoms with van der Waals surface area (Å²) in [6, 6.07) is 6.20. The van der Waals surface area contributed by atoms with Crippen molar-refractivity contribution in [3.05, 3.63) is 36.2 Å². The Morgan fingerprint density at radius 3 is 2.64 bits per heavy atom. The maximum atomic E-state index is 12.1. The van der Waals surface area contributed by atoms with Gasteiger partial charge in [0, 0.05) is 25.6 Å². The van der Waals surface area contributed by atoms with Gasteiger partial charge in [-0.05, 0) is 18.6 Å². The van der Waals surface area contributed by atoms with Crippen LogP contribution in [0.15, 0.2) is 30.6 Å². The highest BCUT2D eigenvalue weighted by atomic mass is 16.5. The van der Waals surface area contributed by atoms with Gasteiger partial charge in [0.2, 0.25) is 11.8 Å². The molecule has 0 bridgehead atoms. The summed E-state index contributed by atoms with van der Waals surface area (Å²) in [5.74, 6) is 1.14.